The second kappa shape index (κ2) is 9.61. The van der Waals surface area contributed by atoms with Gasteiger partial charge in [0.25, 0.3) is 0 Å². The molecule has 1 heterocycles. The van der Waals surface area contributed by atoms with Crippen LogP contribution in [0, 0.1) is 5.92 Å². The maximum atomic E-state index is 12.3. The van der Waals surface area contributed by atoms with Crippen molar-refractivity contribution in [3.05, 3.63) is 0 Å². The molecule has 1 aliphatic heterocycles. The lowest BCUT2D eigenvalue weighted by atomic mass is 9.83. The van der Waals surface area contributed by atoms with E-state index in [1.54, 1.807) is 0 Å². The smallest absolute Gasteiger partial charge is 0.404 e. The lowest BCUT2D eigenvalue weighted by Crippen LogP contribution is -2.56. The van der Waals surface area contributed by atoms with Gasteiger partial charge in [-0.25, -0.2) is 4.79 Å². The standard InChI is InChI=1S/C21H40N2O4Si/c1-21(2,3)28(4,5)27-18(15-23-13-9-12-19(23)24)17(22-20(25)26)14-16-10-7-6-8-11-16/h16-18,22H,6-15H2,1-5H3,(H,25,26)/t17-,18-/m0/s1. The van der Waals surface area contributed by atoms with Gasteiger partial charge in [-0.05, 0) is 36.9 Å². The summed E-state index contributed by atoms with van der Waals surface area (Å²) in [5, 5.41) is 12.3. The van der Waals surface area contributed by atoms with Crippen molar-refractivity contribution in [2.75, 3.05) is 13.1 Å². The lowest BCUT2D eigenvalue weighted by Gasteiger charge is -2.43. The fraction of sp³-hybridized carbons (Fsp3) is 0.905. The Morgan fingerprint density at radius 2 is 1.89 bits per heavy atom. The lowest BCUT2D eigenvalue weighted by molar-refractivity contribution is -0.129. The van der Waals surface area contributed by atoms with Gasteiger partial charge < -0.3 is 19.7 Å². The van der Waals surface area contributed by atoms with E-state index in [0.717, 1.165) is 32.2 Å². The summed E-state index contributed by atoms with van der Waals surface area (Å²) >= 11 is 0. The van der Waals surface area contributed by atoms with Crippen molar-refractivity contribution in [1.82, 2.24) is 10.2 Å². The van der Waals surface area contributed by atoms with Crippen LogP contribution in [0.1, 0.15) is 72.1 Å². The molecule has 0 aromatic carbocycles. The largest absolute Gasteiger partial charge is 0.465 e. The third-order valence-corrected chi connectivity index (χ3v) is 11.4. The van der Waals surface area contributed by atoms with E-state index < -0.39 is 14.4 Å². The second-order valence-corrected chi connectivity index (χ2v) is 14.9. The van der Waals surface area contributed by atoms with Gasteiger partial charge in [-0.15, -0.1) is 0 Å². The van der Waals surface area contributed by atoms with Crippen molar-refractivity contribution < 1.29 is 19.1 Å². The van der Waals surface area contributed by atoms with Gasteiger partial charge in [0, 0.05) is 19.5 Å². The molecule has 6 nitrogen and oxygen atoms in total. The van der Waals surface area contributed by atoms with E-state index in [1.165, 1.54) is 19.3 Å². The zero-order chi connectivity index (χ0) is 20.9. The zero-order valence-electron chi connectivity index (χ0n) is 18.4. The highest BCUT2D eigenvalue weighted by Crippen LogP contribution is 2.38. The number of hydrogen-bond donors (Lipinski definition) is 2. The molecular formula is C21H40N2O4Si. The average Bonchev–Trinajstić information content (AvgIpc) is 2.98. The SMILES string of the molecule is CC(C)(C)[Si](C)(C)O[C@@H](CN1CCCC1=O)[C@H](CC1CCCCC1)NC(=O)O. The van der Waals surface area contributed by atoms with Gasteiger partial charge in [0.05, 0.1) is 12.1 Å². The highest BCUT2D eigenvalue weighted by molar-refractivity contribution is 6.74. The van der Waals surface area contributed by atoms with Crippen molar-refractivity contribution in [2.45, 2.75) is 102 Å². The first-order chi connectivity index (χ1) is 13.0. The first-order valence-corrected chi connectivity index (χ1v) is 13.9. The van der Waals surface area contributed by atoms with Crippen LogP contribution >= 0.6 is 0 Å². The summed E-state index contributed by atoms with van der Waals surface area (Å²) < 4.78 is 6.74. The van der Waals surface area contributed by atoms with Gasteiger partial charge in [-0.1, -0.05) is 52.9 Å². The van der Waals surface area contributed by atoms with Crippen LogP contribution in [0.4, 0.5) is 4.79 Å². The Morgan fingerprint density at radius 3 is 2.39 bits per heavy atom. The summed E-state index contributed by atoms with van der Waals surface area (Å²) in [6, 6.07) is -0.275. The van der Waals surface area contributed by atoms with Crippen LogP contribution in [0.15, 0.2) is 0 Å². The normalized spacial score (nSPS) is 21.6. The Bertz CT molecular complexity index is 541. The topological polar surface area (TPSA) is 78.9 Å². The molecule has 2 amide bonds. The number of amides is 2. The fourth-order valence-electron chi connectivity index (χ4n) is 4.16. The molecule has 2 aliphatic rings. The number of carbonyl (C=O) groups is 2. The first-order valence-electron chi connectivity index (χ1n) is 10.9. The van der Waals surface area contributed by atoms with Gasteiger partial charge in [0.2, 0.25) is 5.91 Å². The molecule has 2 atom stereocenters. The molecule has 1 aliphatic carbocycles. The molecule has 28 heavy (non-hydrogen) atoms. The van der Waals surface area contributed by atoms with E-state index in [4.69, 9.17) is 4.43 Å². The van der Waals surface area contributed by atoms with E-state index in [0.29, 0.717) is 18.9 Å². The zero-order valence-corrected chi connectivity index (χ0v) is 19.4. The van der Waals surface area contributed by atoms with Gasteiger partial charge in [0.1, 0.15) is 0 Å². The van der Waals surface area contributed by atoms with Crippen LogP contribution in [0.25, 0.3) is 0 Å². The predicted molar refractivity (Wildman–Crippen MR) is 114 cm³/mol. The maximum Gasteiger partial charge on any atom is 0.404 e. The van der Waals surface area contributed by atoms with E-state index in [1.807, 2.05) is 4.90 Å². The minimum Gasteiger partial charge on any atom is -0.465 e. The maximum absolute atomic E-state index is 12.3. The number of nitrogens with zero attached hydrogens (tertiary/aromatic N) is 1. The molecule has 2 N–H and O–H groups in total. The number of carbonyl (C=O) groups excluding carboxylic acids is 1. The van der Waals surface area contributed by atoms with E-state index in [2.05, 4.69) is 39.2 Å². The van der Waals surface area contributed by atoms with E-state index in [9.17, 15) is 14.7 Å². The van der Waals surface area contributed by atoms with Crippen LogP contribution < -0.4 is 5.32 Å². The van der Waals surface area contributed by atoms with Crippen LogP contribution in [0.2, 0.25) is 18.1 Å². The molecule has 1 saturated heterocycles. The molecule has 0 radical (unpaired) electrons. The molecule has 0 unspecified atom stereocenters. The van der Waals surface area contributed by atoms with Crippen molar-refractivity contribution in [1.29, 1.82) is 0 Å². The summed E-state index contributed by atoms with van der Waals surface area (Å²) in [6.07, 6.45) is 7.02. The Balaban J connectivity index is 2.22. The van der Waals surface area contributed by atoms with Crippen LogP contribution in [-0.2, 0) is 9.22 Å². The second-order valence-electron chi connectivity index (χ2n) is 10.2. The molecule has 2 rings (SSSR count). The third kappa shape index (κ3) is 6.48. The fourth-order valence-corrected chi connectivity index (χ4v) is 5.51. The van der Waals surface area contributed by atoms with Gasteiger partial charge >= 0.3 is 6.09 Å². The van der Waals surface area contributed by atoms with E-state index in [-0.39, 0.29) is 23.1 Å². The minimum absolute atomic E-state index is 0.0267. The summed E-state index contributed by atoms with van der Waals surface area (Å²) in [7, 11) is -2.11. The molecule has 0 bridgehead atoms. The Hall–Kier alpha value is -1.08. The molecule has 0 aromatic heterocycles. The molecule has 1 saturated carbocycles. The average molecular weight is 413 g/mol. The summed E-state index contributed by atoms with van der Waals surface area (Å²) in [5.74, 6) is 0.695. The molecule has 0 aromatic rings. The van der Waals surface area contributed by atoms with E-state index >= 15 is 0 Å². The molecule has 7 heteroatoms. The summed E-state index contributed by atoms with van der Waals surface area (Å²) in [4.78, 5) is 25.7. The molecular weight excluding hydrogens is 372 g/mol. The highest BCUT2D eigenvalue weighted by Gasteiger charge is 2.42. The number of nitrogens with one attached hydrogen (secondary N) is 1. The first kappa shape index (κ1) is 23.2. The number of rotatable bonds is 8. The van der Waals surface area contributed by atoms with Gasteiger partial charge in [-0.3, -0.25) is 4.79 Å². The van der Waals surface area contributed by atoms with Gasteiger partial charge in [0.15, 0.2) is 8.32 Å². The third-order valence-electron chi connectivity index (χ3n) is 6.89. The number of hydrogen-bond acceptors (Lipinski definition) is 3. The van der Waals surface area contributed by atoms with Crippen molar-refractivity contribution in [3.8, 4) is 0 Å². The van der Waals surface area contributed by atoms with Crippen LogP contribution in [0.5, 0.6) is 0 Å². The number of likely N-dealkylation sites (tertiary alicyclic amines) is 1. The predicted octanol–water partition coefficient (Wildman–Crippen LogP) is 4.61. The number of carboxylic acid groups (broad SMARTS) is 1. The molecule has 2 fully saturated rings. The van der Waals surface area contributed by atoms with Crippen molar-refractivity contribution in [3.63, 3.8) is 0 Å². The highest BCUT2D eigenvalue weighted by atomic mass is 28.4. The van der Waals surface area contributed by atoms with Gasteiger partial charge in [-0.2, -0.15) is 0 Å². The molecule has 0 spiro atoms. The van der Waals surface area contributed by atoms with Crippen LogP contribution in [-0.4, -0.2) is 55.6 Å². The Labute approximate surface area is 171 Å². The Morgan fingerprint density at radius 1 is 1.25 bits per heavy atom. The van der Waals surface area contributed by atoms with Crippen molar-refractivity contribution >= 4 is 20.3 Å². The molecule has 162 valence electrons. The van der Waals surface area contributed by atoms with Crippen LogP contribution in [0.3, 0.4) is 0 Å². The monoisotopic (exact) mass is 412 g/mol. The minimum atomic E-state index is -2.11. The van der Waals surface area contributed by atoms with Crippen molar-refractivity contribution in [2.24, 2.45) is 5.92 Å². The quantitative estimate of drug-likeness (QED) is 0.571. The summed E-state index contributed by atoms with van der Waals surface area (Å²) in [6.45, 7) is 12.2. The summed E-state index contributed by atoms with van der Waals surface area (Å²) in [5.41, 5.74) is 0. The Kier molecular flexibility index (Phi) is 7.96.